The number of carbonyl (C=O) groups is 1. The summed E-state index contributed by atoms with van der Waals surface area (Å²) >= 11 is 0. The summed E-state index contributed by atoms with van der Waals surface area (Å²) in [5.41, 5.74) is 2.99. The van der Waals surface area contributed by atoms with Gasteiger partial charge in [0.25, 0.3) is 0 Å². The number of hydrogen-bond acceptors (Lipinski definition) is 2. The molecule has 0 saturated carbocycles. The number of amides is 1. The van der Waals surface area contributed by atoms with Crippen molar-refractivity contribution < 1.29 is 4.79 Å². The second-order valence-corrected chi connectivity index (χ2v) is 6.81. The summed E-state index contributed by atoms with van der Waals surface area (Å²) in [5, 5.41) is 13.0. The minimum absolute atomic E-state index is 0.400. The third-order valence-electron chi connectivity index (χ3n) is 4.35. The van der Waals surface area contributed by atoms with E-state index in [1.165, 1.54) is 5.56 Å². The predicted octanol–water partition coefficient (Wildman–Crippen LogP) is 5.08. The van der Waals surface area contributed by atoms with E-state index in [1.54, 1.807) is 13.8 Å². The van der Waals surface area contributed by atoms with Crippen molar-refractivity contribution in [2.75, 3.05) is 0 Å². The van der Waals surface area contributed by atoms with Gasteiger partial charge in [0.1, 0.15) is 0 Å². The van der Waals surface area contributed by atoms with Gasteiger partial charge in [0.05, 0.1) is 5.92 Å². The van der Waals surface area contributed by atoms with Crippen LogP contribution in [0.3, 0.4) is 0 Å². The maximum atomic E-state index is 12.5. The van der Waals surface area contributed by atoms with Crippen molar-refractivity contribution in [1.29, 1.82) is 0 Å². The Labute approximate surface area is 144 Å². The minimum atomic E-state index is -0.485. The van der Waals surface area contributed by atoms with E-state index < -0.39 is 17.9 Å². The van der Waals surface area contributed by atoms with Gasteiger partial charge in [-0.1, -0.05) is 68.4 Å². The topological polar surface area (TPSA) is 43.4 Å². The van der Waals surface area contributed by atoms with E-state index in [0.717, 1.165) is 17.5 Å². The molecule has 1 amide bonds. The van der Waals surface area contributed by atoms with Gasteiger partial charge in [-0.15, -0.1) is 0 Å². The third-order valence-corrected chi connectivity index (χ3v) is 4.35. The molecular weight excluding hydrogens is 298 g/mol. The van der Waals surface area contributed by atoms with Gasteiger partial charge >= 0.3 is 0 Å². The van der Waals surface area contributed by atoms with Crippen LogP contribution in [0.4, 0.5) is 0 Å². The van der Waals surface area contributed by atoms with Gasteiger partial charge in [0, 0.05) is 6.04 Å². The second-order valence-electron chi connectivity index (χ2n) is 6.81. The van der Waals surface area contributed by atoms with Crippen LogP contribution in [0.1, 0.15) is 56.3 Å². The first-order chi connectivity index (χ1) is 11.4. The first kappa shape index (κ1) is 18.2. The van der Waals surface area contributed by atoms with Crippen molar-refractivity contribution in [3.8, 4) is 0 Å². The number of hydrogen-bond donors (Lipinski definition) is 0. The van der Waals surface area contributed by atoms with E-state index in [1.807, 2.05) is 42.5 Å². The first-order valence-electron chi connectivity index (χ1n) is 8.54. The fraction of sp³-hybridized carbons (Fsp3) is 0.381. The molecule has 0 spiro atoms. The zero-order chi connectivity index (χ0) is 17.7. The smallest absolute Gasteiger partial charge is 0.219 e. The van der Waals surface area contributed by atoms with Crippen molar-refractivity contribution in [3.05, 3.63) is 76.5 Å². The fourth-order valence-corrected chi connectivity index (χ4v) is 2.81. The molecule has 0 saturated heterocycles. The lowest BCUT2D eigenvalue weighted by molar-refractivity contribution is -0.131. The first-order valence-corrected chi connectivity index (χ1v) is 8.54. The van der Waals surface area contributed by atoms with Crippen molar-refractivity contribution in [1.82, 2.24) is 5.06 Å². The molecule has 0 radical (unpaired) electrons. The van der Waals surface area contributed by atoms with Crippen LogP contribution in [0.15, 0.2) is 54.6 Å². The highest BCUT2D eigenvalue weighted by atomic mass is 16.5. The molecule has 0 aliphatic heterocycles. The zero-order valence-electron chi connectivity index (χ0n) is 14.9. The van der Waals surface area contributed by atoms with Crippen LogP contribution in [-0.2, 0) is 11.2 Å². The maximum Gasteiger partial charge on any atom is 0.219 e. The zero-order valence-corrected chi connectivity index (χ0v) is 14.9. The Morgan fingerprint density at radius 1 is 0.917 bits per heavy atom. The molecule has 2 unspecified atom stereocenters. The molecule has 0 fully saturated rings. The van der Waals surface area contributed by atoms with E-state index in [4.69, 9.17) is 0 Å². The van der Waals surface area contributed by atoms with Gasteiger partial charge in [0.2, 0.25) is 5.91 Å². The second kappa shape index (κ2) is 8.11. The Hall–Kier alpha value is -2.13. The lowest BCUT2D eigenvalue weighted by Gasteiger charge is -2.37. The average Bonchev–Trinajstić information content (AvgIpc) is 2.60. The van der Waals surface area contributed by atoms with Gasteiger partial charge < -0.3 is 10.3 Å². The molecule has 24 heavy (non-hydrogen) atoms. The molecule has 2 rings (SSSR count). The minimum Gasteiger partial charge on any atom is -0.756 e. The van der Waals surface area contributed by atoms with Crippen LogP contribution in [0.2, 0.25) is 0 Å². The molecule has 2 aromatic rings. The normalized spacial score (nSPS) is 13.6. The highest BCUT2D eigenvalue weighted by molar-refractivity contribution is 5.84. The standard InChI is InChI=1S/C21H26NO2/c1-15(2)14-18-10-12-19(13-11-18)16(3)21(23)22(24)17(4)20-8-6-5-7-9-20/h5-13,15-17H,14H2,1-4H3/q-1. The molecule has 0 heterocycles. The van der Waals surface area contributed by atoms with Crippen LogP contribution < -0.4 is 0 Å². The fourth-order valence-electron chi connectivity index (χ4n) is 2.81. The Morgan fingerprint density at radius 2 is 1.50 bits per heavy atom. The van der Waals surface area contributed by atoms with E-state index in [9.17, 15) is 10.0 Å². The summed E-state index contributed by atoms with van der Waals surface area (Å²) in [4.78, 5) is 12.5. The number of benzene rings is 2. The van der Waals surface area contributed by atoms with Crippen molar-refractivity contribution in [2.45, 2.75) is 46.1 Å². The third kappa shape index (κ3) is 4.45. The molecule has 0 aromatic heterocycles. The average molecular weight is 324 g/mol. The molecule has 128 valence electrons. The molecule has 2 atom stereocenters. The largest absolute Gasteiger partial charge is 0.756 e. The van der Waals surface area contributed by atoms with Gasteiger partial charge in [-0.25, -0.2) is 0 Å². The van der Waals surface area contributed by atoms with Crippen LogP contribution in [0.5, 0.6) is 0 Å². The predicted molar refractivity (Wildman–Crippen MR) is 98.5 cm³/mol. The van der Waals surface area contributed by atoms with E-state index in [-0.39, 0.29) is 0 Å². The number of hydroxylamine groups is 2. The molecule has 3 heteroatoms. The number of nitrogens with zero attached hydrogens (tertiary/aromatic N) is 1. The molecule has 0 bridgehead atoms. The summed E-state index contributed by atoms with van der Waals surface area (Å²) in [7, 11) is 0. The molecule has 0 N–H and O–H groups in total. The Bertz CT molecular complexity index is 649. The Morgan fingerprint density at radius 3 is 2.04 bits per heavy atom. The highest BCUT2D eigenvalue weighted by Gasteiger charge is 2.20. The molecule has 3 nitrogen and oxygen atoms in total. The molecule has 2 aromatic carbocycles. The van der Waals surface area contributed by atoms with Gasteiger partial charge in [-0.05, 0) is 42.9 Å². The summed E-state index contributed by atoms with van der Waals surface area (Å²) in [6.45, 7) is 7.92. The van der Waals surface area contributed by atoms with Crippen LogP contribution in [0.25, 0.3) is 0 Å². The van der Waals surface area contributed by atoms with Crippen molar-refractivity contribution in [2.24, 2.45) is 5.92 Å². The Kier molecular flexibility index (Phi) is 6.16. The maximum absolute atomic E-state index is 12.5. The Balaban J connectivity index is 2.08. The van der Waals surface area contributed by atoms with Gasteiger partial charge in [-0.3, -0.25) is 4.79 Å². The summed E-state index contributed by atoms with van der Waals surface area (Å²) in [6.07, 6.45) is 1.02. The van der Waals surface area contributed by atoms with Crippen LogP contribution >= 0.6 is 0 Å². The SMILES string of the molecule is CC(C)Cc1ccc(C(C)C(=O)N([O-])C(C)c2ccccc2)cc1. The van der Waals surface area contributed by atoms with Crippen LogP contribution in [0, 0.1) is 11.1 Å². The number of carbonyl (C=O) groups excluding carboxylic acids is 1. The van der Waals surface area contributed by atoms with Crippen molar-refractivity contribution in [3.63, 3.8) is 0 Å². The monoisotopic (exact) mass is 324 g/mol. The van der Waals surface area contributed by atoms with Crippen LogP contribution in [-0.4, -0.2) is 11.0 Å². The summed E-state index contributed by atoms with van der Waals surface area (Å²) < 4.78 is 0. The summed E-state index contributed by atoms with van der Waals surface area (Å²) in [6, 6.07) is 16.9. The van der Waals surface area contributed by atoms with Gasteiger partial charge in [0.15, 0.2) is 0 Å². The molecular formula is C21H26NO2-. The lowest BCUT2D eigenvalue weighted by Crippen LogP contribution is -2.31. The highest BCUT2D eigenvalue weighted by Crippen LogP contribution is 2.25. The van der Waals surface area contributed by atoms with E-state index in [2.05, 4.69) is 26.0 Å². The van der Waals surface area contributed by atoms with E-state index in [0.29, 0.717) is 11.0 Å². The van der Waals surface area contributed by atoms with E-state index >= 15 is 0 Å². The molecule has 0 aliphatic carbocycles. The van der Waals surface area contributed by atoms with Crippen molar-refractivity contribution >= 4 is 5.91 Å². The van der Waals surface area contributed by atoms with Gasteiger partial charge in [-0.2, -0.15) is 0 Å². The lowest BCUT2D eigenvalue weighted by atomic mass is 9.95. The quantitative estimate of drug-likeness (QED) is 0.696. The number of rotatable bonds is 6. The molecule has 0 aliphatic rings. The summed E-state index contributed by atoms with van der Waals surface area (Å²) in [5.74, 6) is -0.247.